The van der Waals surface area contributed by atoms with Crippen LogP contribution in [-0.4, -0.2) is 33.0 Å². The van der Waals surface area contributed by atoms with E-state index < -0.39 is 11.5 Å². The molecule has 6 nitrogen and oxygen atoms in total. The minimum atomic E-state index is -1.05. The topological polar surface area (TPSA) is 90.4 Å². The number of hydrogen-bond acceptors (Lipinski definition) is 4. The molecule has 6 heteroatoms. The van der Waals surface area contributed by atoms with Crippen molar-refractivity contribution < 1.29 is 14.6 Å². The van der Waals surface area contributed by atoms with Crippen LogP contribution < -0.4 is 10.5 Å². The summed E-state index contributed by atoms with van der Waals surface area (Å²) in [6.45, 7) is 7.57. The Morgan fingerprint density at radius 2 is 1.87 bits per heavy atom. The van der Waals surface area contributed by atoms with E-state index in [0.29, 0.717) is 5.88 Å². The maximum absolute atomic E-state index is 11.4. The third kappa shape index (κ3) is 3.71. The third-order valence-corrected chi connectivity index (χ3v) is 4.05. The van der Waals surface area contributed by atoms with Crippen molar-refractivity contribution in [1.29, 1.82) is 0 Å². The number of benzene rings is 1. The average molecular weight is 317 g/mol. The number of para-hydroxylation sites is 1. The molecule has 1 heterocycles. The Hall–Kier alpha value is -2.34. The van der Waals surface area contributed by atoms with Crippen molar-refractivity contribution in [3.63, 3.8) is 0 Å². The second-order valence-corrected chi connectivity index (χ2v) is 6.79. The van der Waals surface area contributed by atoms with E-state index in [1.807, 2.05) is 51.1 Å². The number of hydrogen-bond donors (Lipinski definition) is 2. The van der Waals surface area contributed by atoms with E-state index in [-0.39, 0.29) is 17.7 Å². The van der Waals surface area contributed by atoms with E-state index in [9.17, 15) is 9.90 Å². The largest absolute Gasteiger partial charge is 0.474 e. The molecule has 0 bridgehead atoms. The summed E-state index contributed by atoms with van der Waals surface area (Å²) < 4.78 is 7.26. The fourth-order valence-corrected chi connectivity index (χ4v) is 1.77. The molecule has 0 saturated carbocycles. The number of amides is 1. The minimum absolute atomic E-state index is 0.0627. The van der Waals surface area contributed by atoms with Crippen molar-refractivity contribution in [3.8, 4) is 11.6 Å². The number of rotatable bonds is 5. The van der Waals surface area contributed by atoms with Crippen LogP contribution in [0, 0.1) is 5.41 Å². The number of carbonyl (C=O) groups is 1. The molecular weight excluding hydrogens is 294 g/mol. The van der Waals surface area contributed by atoms with Gasteiger partial charge in [0.25, 0.3) is 5.91 Å². The van der Waals surface area contributed by atoms with Gasteiger partial charge in [0.1, 0.15) is 12.2 Å². The van der Waals surface area contributed by atoms with Crippen molar-refractivity contribution in [2.45, 2.75) is 33.3 Å². The molecule has 1 atom stereocenters. The zero-order valence-electron chi connectivity index (χ0n) is 13.9. The maximum atomic E-state index is 11.4. The first kappa shape index (κ1) is 17.0. The van der Waals surface area contributed by atoms with E-state index >= 15 is 0 Å². The highest BCUT2D eigenvalue weighted by molar-refractivity contribution is 5.91. The molecule has 3 N–H and O–H groups in total. The predicted molar refractivity (Wildman–Crippen MR) is 87.7 cm³/mol. The van der Waals surface area contributed by atoms with Crippen LogP contribution in [0.25, 0.3) is 5.69 Å². The number of primary amides is 1. The van der Waals surface area contributed by atoms with Gasteiger partial charge in [0, 0.05) is 6.07 Å². The van der Waals surface area contributed by atoms with Gasteiger partial charge in [0.05, 0.1) is 5.69 Å². The molecule has 0 aliphatic carbocycles. The SMILES string of the molecule is CC(C)(C)[C@@](C)(O)COc1cc(C(N)=O)nn1-c1ccccc1. The lowest BCUT2D eigenvalue weighted by Crippen LogP contribution is -2.45. The molecule has 2 aromatic rings. The number of carbonyl (C=O) groups excluding carboxylic acids is 1. The summed E-state index contributed by atoms with van der Waals surface area (Å²) in [6.07, 6.45) is 0. The molecule has 0 unspecified atom stereocenters. The van der Waals surface area contributed by atoms with Gasteiger partial charge < -0.3 is 15.6 Å². The van der Waals surface area contributed by atoms with Gasteiger partial charge in [-0.05, 0) is 24.5 Å². The van der Waals surface area contributed by atoms with E-state index in [2.05, 4.69) is 5.10 Å². The van der Waals surface area contributed by atoms with Crippen LogP contribution in [0.15, 0.2) is 36.4 Å². The summed E-state index contributed by atoms with van der Waals surface area (Å²) in [7, 11) is 0. The lowest BCUT2D eigenvalue weighted by Gasteiger charge is -2.36. The van der Waals surface area contributed by atoms with Gasteiger partial charge >= 0.3 is 0 Å². The third-order valence-electron chi connectivity index (χ3n) is 4.05. The van der Waals surface area contributed by atoms with Gasteiger partial charge in [-0.25, -0.2) is 4.68 Å². The second-order valence-electron chi connectivity index (χ2n) is 6.79. The smallest absolute Gasteiger partial charge is 0.269 e. The van der Waals surface area contributed by atoms with Crippen molar-refractivity contribution in [3.05, 3.63) is 42.1 Å². The summed E-state index contributed by atoms with van der Waals surface area (Å²) in [5.41, 5.74) is 4.74. The Kier molecular flexibility index (Phi) is 4.47. The Morgan fingerprint density at radius 3 is 2.39 bits per heavy atom. The molecule has 124 valence electrons. The number of nitrogens with two attached hydrogens (primary N) is 1. The highest BCUT2D eigenvalue weighted by atomic mass is 16.5. The minimum Gasteiger partial charge on any atom is -0.474 e. The first-order valence-electron chi connectivity index (χ1n) is 7.42. The molecule has 23 heavy (non-hydrogen) atoms. The van der Waals surface area contributed by atoms with Gasteiger partial charge in [-0.1, -0.05) is 39.0 Å². The van der Waals surface area contributed by atoms with Gasteiger partial charge in [-0.15, -0.1) is 0 Å². The summed E-state index contributed by atoms with van der Waals surface area (Å²) >= 11 is 0. The molecular formula is C17H23N3O3. The van der Waals surface area contributed by atoms with Crippen LogP contribution in [0.1, 0.15) is 38.2 Å². The molecule has 0 aliphatic heterocycles. The van der Waals surface area contributed by atoms with Crippen LogP contribution in [0.3, 0.4) is 0 Å². The Labute approximate surface area is 135 Å². The summed E-state index contributed by atoms with van der Waals surface area (Å²) in [6, 6.07) is 10.8. The van der Waals surface area contributed by atoms with E-state index in [4.69, 9.17) is 10.5 Å². The number of ether oxygens (including phenoxy) is 1. The molecule has 1 amide bonds. The molecule has 0 aliphatic rings. The van der Waals surface area contributed by atoms with Crippen molar-refractivity contribution in [1.82, 2.24) is 9.78 Å². The molecule has 2 rings (SSSR count). The van der Waals surface area contributed by atoms with Crippen molar-refractivity contribution in [2.75, 3.05) is 6.61 Å². The zero-order valence-corrected chi connectivity index (χ0v) is 13.9. The van der Waals surface area contributed by atoms with E-state index in [1.165, 1.54) is 10.7 Å². The van der Waals surface area contributed by atoms with Crippen LogP contribution in [0.4, 0.5) is 0 Å². The van der Waals surface area contributed by atoms with Crippen LogP contribution in [0.5, 0.6) is 5.88 Å². The Balaban J connectivity index is 2.33. The summed E-state index contributed by atoms with van der Waals surface area (Å²) in [5.74, 6) is -0.276. The summed E-state index contributed by atoms with van der Waals surface area (Å²) in [5, 5.41) is 14.7. The zero-order chi connectivity index (χ0) is 17.3. The number of aliphatic hydroxyl groups is 1. The molecule has 0 radical (unpaired) electrons. The number of aromatic nitrogens is 2. The molecule has 1 aromatic heterocycles. The molecule has 1 aromatic carbocycles. The normalized spacial score (nSPS) is 14.3. The van der Waals surface area contributed by atoms with Gasteiger partial charge in [-0.2, -0.15) is 5.10 Å². The van der Waals surface area contributed by atoms with Crippen LogP contribution in [0.2, 0.25) is 0 Å². The monoisotopic (exact) mass is 317 g/mol. The molecule has 0 spiro atoms. The fourth-order valence-electron chi connectivity index (χ4n) is 1.77. The number of nitrogens with zero attached hydrogens (tertiary/aromatic N) is 2. The van der Waals surface area contributed by atoms with Gasteiger partial charge in [0.2, 0.25) is 5.88 Å². The van der Waals surface area contributed by atoms with Crippen molar-refractivity contribution in [2.24, 2.45) is 11.1 Å². The van der Waals surface area contributed by atoms with E-state index in [1.54, 1.807) is 6.92 Å². The fraction of sp³-hybridized carbons (Fsp3) is 0.412. The predicted octanol–water partition coefficient (Wildman–Crippen LogP) is 2.15. The highest BCUT2D eigenvalue weighted by Crippen LogP contribution is 2.31. The van der Waals surface area contributed by atoms with Gasteiger partial charge in [-0.3, -0.25) is 4.79 Å². The second kappa shape index (κ2) is 6.04. The Morgan fingerprint density at radius 1 is 1.26 bits per heavy atom. The quantitative estimate of drug-likeness (QED) is 0.884. The van der Waals surface area contributed by atoms with Crippen LogP contribution in [-0.2, 0) is 0 Å². The van der Waals surface area contributed by atoms with Gasteiger partial charge in [0.15, 0.2) is 5.69 Å². The highest BCUT2D eigenvalue weighted by Gasteiger charge is 2.36. The first-order valence-corrected chi connectivity index (χ1v) is 7.42. The first-order chi connectivity index (χ1) is 10.6. The Bertz CT molecular complexity index is 685. The lowest BCUT2D eigenvalue weighted by atomic mass is 9.78. The van der Waals surface area contributed by atoms with E-state index in [0.717, 1.165) is 5.69 Å². The lowest BCUT2D eigenvalue weighted by molar-refractivity contribution is -0.0737. The average Bonchev–Trinajstić information content (AvgIpc) is 2.89. The standard InChI is InChI=1S/C17H23N3O3/c1-16(2,3)17(4,22)11-23-14-10-13(15(18)21)19-20(14)12-8-6-5-7-9-12/h5-10,22H,11H2,1-4H3,(H2,18,21)/t17-/m0/s1. The molecule has 0 saturated heterocycles. The van der Waals surface area contributed by atoms with Crippen LogP contribution >= 0.6 is 0 Å². The van der Waals surface area contributed by atoms with Crippen molar-refractivity contribution >= 4 is 5.91 Å². The summed E-state index contributed by atoms with van der Waals surface area (Å²) in [4.78, 5) is 11.4. The molecule has 0 fully saturated rings. The maximum Gasteiger partial charge on any atom is 0.269 e.